The van der Waals surface area contributed by atoms with Gasteiger partial charge in [0.25, 0.3) is 0 Å². The number of ether oxygens (including phenoxy) is 2. The van der Waals surface area contributed by atoms with Crippen molar-refractivity contribution in [2.75, 3.05) is 0 Å². The summed E-state index contributed by atoms with van der Waals surface area (Å²) < 4.78 is 11.4. The zero-order chi connectivity index (χ0) is 21.7. The van der Waals surface area contributed by atoms with Gasteiger partial charge in [0.2, 0.25) is 6.10 Å². The fourth-order valence-electron chi connectivity index (χ4n) is 3.58. The van der Waals surface area contributed by atoms with E-state index < -0.39 is 6.10 Å². The molecule has 2 aromatic rings. The molecule has 0 saturated heterocycles. The van der Waals surface area contributed by atoms with Gasteiger partial charge in [0.15, 0.2) is 0 Å². The number of esters is 1. The fourth-order valence-corrected chi connectivity index (χ4v) is 3.58. The van der Waals surface area contributed by atoms with Gasteiger partial charge in [-0.25, -0.2) is 0 Å². The molecule has 1 saturated carbocycles. The van der Waals surface area contributed by atoms with E-state index in [2.05, 4.69) is 12.1 Å². The minimum Gasteiger partial charge on any atom is -0.457 e. The van der Waals surface area contributed by atoms with Crippen LogP contribution in [0.25, 0.3) is 0 Å². The Morgan fingerprint density at radius 3 is 2.47 bits per heavy atom. The first-order valence-electron chi connectivity index (χ1n) is 10.1. The van der Waals surface area contributed by atoms with E-state index in [1.807, 2.05) is 70.2 Å². The summed E-state index contributed by atoms with van der Waals surface area (Å²) in [5.74, 6) is 0.801. The second-order valence-corrected chi connectivity index (χ2v) is 8.39. The molecule has 3 atom stereocenters. The average Bonchev–Trinajstić information content (AvgIpc) is 3.27. The number of carbonyl (C=O) groups is 1. The predicted molar refractivity (Wildman–Crippen MR) is 117 cm³/mol. The molecule has 154 valence electrons. The predicted octanol–water partition coefficient (Wildman–Crippen LogP) is 6.38. The van der Waals surface area contributed by atoms with Gasteiger partial charge in [-0.05, 0) is 49.4 Å². The van der Waals surface area contributed by atoms with Gasteiger partial charge in [-0.15, -0.1) is 0 Å². The maximum Gasteiger partial charge on any atom is 0.311 e. The molecule has 2 aromatic carbocycles. The lowest BCUT2D eigenvalue weighted by Crippen LogP contribution is -2.14. The maximum atomic E-state index is 12.8. The van der Waals surface area contributed by atoms with Crippen LogP contribution in [0.4, 0.5) is 0 Å². The fraction of sp³-hybridized carbons (Fsp3) is 0.308. The van der Waals surface area contributed by atoms with Crippen LogP contribution in [0.15, 0.2) is 78.4 Å². The van der Waals surface area contributed by atoms with Gasteiger partial charge < -0.3 is 9.47 Å². The molecule has 1 aliphatic rings. The molecule has 1 aliphatic carbocycles. The smallest absolute Gasteiger partial charge is 0.311 e. The summed E-state index contributed by atoms with van der Waals surface area (Å²) in [5.41, 5.74) is 1.61. The van der Waals surface area contributed by atoms with Gasteiger partial charge in [0, 0.05) is 5.56 Å². The number of para-hydroxylation sites is 1. The molecule has 0 amide bonds. The minimum atomic E-state index is -0.976. The number of hydrogen-bond donors (Lipinski definition) is 0. The molecule has 0 bridgehead atoms. The molecule has 1 unspecified atom stereocenters. The number of carbonyl (C=O) groups excluding carboxylic acids is 1. The zero-order valence-corrected chi connectivity index (χ0v) is 17.8. The lowest BCUT2D eigenvalue weighted by Gasteiger charge is -2.13. The third-order valence-corrected chi connectivity index (χ3v) is 5.40. The Hall–Kier alpha value is -3.32. The standard InChI is InChI=1S/C26H27NO3/c1-18(2)10-8-15-22-24(26(22,3)4)25(28)30-23(17-27)19-11-9-14-21(16-19)29-20-12-6-5-7-13-20/h5-16,22-24H,1-4H3/t22-,23?,24-/m0/s1. The molecule has 3 rings (SSSR count). The van der Waals surface area contributed by atoms with Crippen LogP contribution in [0.3, 0.4) is 0 Å². The van der Waals surface area contributed by atoms with Gasteiger partial charge in [-0.2, -0.15) is 5.26 Å². The monoisotopic (exact) mass is 401 g/mol. The van der Waals surface area contributed by atoms with E-state index in [-0.39, 0.29) is 23.2 Å². The van der Waals surface area contributed by atoms with Crippen molar-refractivity contribution < 1.29 is 14.3 Å². The summed E-state index contributed by atoms with van der Waals surface area (Å²) in [6.45, 7) is 8.15. The molecule has 1 fully saturated rings. The first kappa shape index (κ1) is 21.4. The van der Waals surface area contributed by atoms with Gasteiger partial charge >= 0.3 is 5.97 Å². The highest BCUT2D eigenvalue weighted by molar-refractivity contribution is 5.78. The highest BCUT2D eigenvalue weighted by Gasteiger charge is 2.61. The quantitative estimate of drug-likeness (QED) is 0.399. The van der Waals surface area contributed by atoms with Gasteiger partial charge in [0.1, 0.15) is 17.6 Å². The molecule has 0 heterocycles. The van der Waals surface area contributed by atoms with E-state index in [0.29, 0.717) is 17.1 Å². The largest absolute Gasteiger partial charge is 0.457 e. The molecule has 0 N–H and O–H groups in total. The van der Waals surface area contributed by atoms with Crippen LogP contribution in [-0.4, -0.2) is 5.97 Å². The lowest BCUT2D eigenvalue weighted by molar-refractivity contribution is -0.149. The Morgan fingerprint density at radius 1 is 1.10 bits per heavy atom. The van der Waals surface area contributed by atoms with E-state index in [9.17, 15) is 10.1 Å². The summed E-state index contributed by atoms with van der Waals surface area (Å²) >= 11 is 0. The van der Waals surface area contributed by atoms with Crippen molar-refractivity contribution >= 4 is 5.97 Å². The van der Waals surface area contributed by atoms with Gasteiger partial charge in [0.05, 0.1) is 5.92 Å². The van der Waals surface area contributed by atoms with Crippen LogP contribution in [0.5, 0.6) is 11.5 Å². The summed E-state index contributed by atoms with van der Waals surface area (Å²) in [6, 6.07) is 18.6. The number of benzene rings is 2. The molecule has 0 aliphatic heterocycles. The van der Waals surface area contributed by atoms with Crippen molar-refractivity contribution in [1.29, 1.82) is 5.26 Å². The first-order chi connectivity index (χ1) is 14.3. The number of nitriles is 1. The van der Waals surface area contributed by atoms with Gasteiger partial charge in [-0.3, -0.25) is 4.79 Å². The van der Waals surface area contributed by atoms with Crippen molar-refractivity contribution in [2.24, 2.45) is 17.3 Å². The zero-order valence-electron chi connectivity index (χ0n) is 17.8. The normalized spacial score (nSPS) is 20.1. The average molecular weight is 402 g/mol. The SMILES string of the molecule is CC(C)=CC=C[C@H]1[C@@H](C(=O)OC(C#N)c2cccc(Oc3ccccc3)c2)C1(C)C. The van der Waals surface area contributed by atoms with E-state index in [1.165, 1.54) is 5.57 Å². The second kappa shape index (κ2) is 9.00. The maximum absolute atomic E-state index is 12.8. The number of hydrogen-bond acceptors (Lipinski definition) is 4. The summed E-state index contributed by atoms with van der Waals surface area (Å²) in [6.07, 6.45) is 5.08. The molecule has 0 aromatic heterocycles. The van der Waals surface area contributed by atoms with E-state index in [0.717, 1.165) is 0 Å². The molecule has 0 spiro atoms. The Morgan fingerprint density at radius 2 is 1.80 bits per heavy atom. The van der Waals surface area contributed by atoms with E-state index in [4.69, 9.17) is 9.47 Å². The number of allylic oxidation sites excluding steroid dienone is 4. The van der Waals surface area contributed by atoms with Crippen LogP contribution >= 0.6 is 0 Å². The third-order valence-electron chi connectivity index (χ3n) is 5.40. The summed E-state index contributed by atoms with van der Waals surface area (Å²) in [7, 11) is 0. The molecule has 0 radical (unpaired) electrons. The lowest BCUT2D eigenvalue weighted by atomic mass is 10.1. The van der Waals surface area contributed by atoms with Crippen LogP contribution in [0.1, 0.15) is 39.4 Å². The van der Waals surface area contributed by atoms with Crippen LogP contribution in [0, 0.1) is 28.6 Å². The van der Waals surface area contributed by atoms with E-state index >= 15 is 0 Å². The topological polar surface area (TPSA) is 59.3 Å². The highest BCUT2D eigenvalue weighted by atomic mass is 16.5. The molecule has 4 nitrogen and oxygen atoms in total. The molecular formula is C26H27NO3. The second-order valence-electron chi connectivity index (χ2n) is 8.39. The number of rotatable bonds is 7. The first-order valence-corrected chi connectivity index (χ1v) is 10.1. The van der Waals surface area contributed by atoms with Crippen molar-refractivity contribution in [1.82, 2.24) is 0 Å². The Labute approximate surface area is 178 Å². The van der Waals surface area contributed by atoms with Crippen molar-refractivity contribution in [3.05, 3.63) is 84.0 Å². The van der Waals surface area contributed by atoms with E-state index in [1.54, 1.807) is 24.3 Å². The van der Waals surface area contributed by atoms with Gasteiger partial charge in [-0.1, -0.05) is 68.0 Å². The summed E-state index contributed by atoms with van der Waals surface area (Å²) in [4.78, 5) is 12.8. The molecular weight excluding hydrogens is 374 g/mol. The van der Waals surface area contributed by atoms with Crippen LogP contribution in [0.2, 0.25) is 0 Å². The van der Waals surface area contributed by atoms with Crippen molar-refractivity contribution in [3.63, 3.8) is 0 Å². The van der Waals surface area contributed by atoms with Crippen molar-refractivity contribution in [2.45, 2.75) is 33.8 Å². The van der Waals surface area contributed by atoms with Crippen LogP contribution < -0.4 is 4.74 Å². The summed E-state index contributed by atoms with van der Waals surface area (Å²) in [5, 5.41) is 9.62. The van der Waals surface area contributed by atoms with Crippen LogP contribution in [-0.2, 0) is 9.53 Å². The molecule has 30 heavy (non-hydrogen) atoms. The highest BCUT2D eigenvalue weighted by Crippen LogP contribution is 2.59. The minimum absolute atomic E-state index is 0.104. The Kier molecular flexibility index (Phi) is 6.42. The Bertz CT molecular complexity index is 994. The third kappa shape index (κ3) is 4.99. The Balaban J connectivity index is 1.69. The molecule has 4 heteroatoms. The number of nitrogens with zero attached hydrogens (tertiary/aromatic N) is 1. The van der Waals surface area contributed by atoms with Crippen molar-refractivity contribution in [3.8, 4) is 17.6 Å².